The number of rotatable bonds is 6. The molecule has 0 bridgehead atoms. The number of nitrogens with zero attached hydrogens (tertiary/aromatic N) is 1. The van der Waals surface area contributed by atoms with E-state index in [9.17, 15) is 4.79 Å². The van der Waals surface area contributed by atoms with Crippen molar-refractivity contribution in [3.63, 3.8) is 0 Å². The maximum Gasteiger partial charge on any atom is 0.407 e. The van der Waals surface area contributed by atoms with Gasteiger partial charge in [-0.25, -0.2) is 4.79 Å². The quantitative estimate of drug-likeness (QED) is 0.757. The van der Waals surface area contributed by atoms with E-state index in [1.54, 1.807) is 0 Å². The molecule has 22 heavy (non-hydrogen) atoms. The van der Waals surface area contributed by atoms with Crippen LogP contribution in [0.1, 0.15) is 41.5 Å². The maximum atomic E-state index is 12.0. The lowest BCUT2D eigenvalue weighted by Crippen LogP contribution is -2.50. The number of nitrogens with one attached hydrogen (secondary N) is 1. The van der Waals surface area contributed by atoms with Crippen LogP contribution in [0.25, 0.3) is 0 Å². The molecule has 1 atom stereocenters. The highest BCUT2D eigenvalue weighted by Crippen LogP contribution is 2.36. The average Bonchev–Trinajstić information content (AvgIpc) is 2.20. The first-order valence-electron chi connectivity index (χ1n) is 7.92. The van der Waals surface area contributed by atoms with Gasteiger partial charge in [-0.2, -0.15) is 0 Å². The molecule has 5 nitrogen and oxygen atoms in total. The smallest absolute Gasteiger partial charge is 0.407 e. The van der Waals surface area contributed by atoms with Crippen molar-refractivity contribution in [1.82, 2.24) is 10.2 Å². The third-order valence-electron chi connectivity index (χ3n) is 3.76. The molecule has 0 radical (unpaired) electrons. The summed E-state index contributed by atoms with van der Waals surface area (Å²) in [7, 11) is 2.14. The van der Waals surface area contributed by atoms with Crippen LogP contribution in [0.15, 0.2) is 0 Å². The Hall–Kier alpha value is -0.593. The van der Waals surface area contributed by atoms with Crippen LogP contribution < -0.4 is 5.32 Å². The van der Waals surface area contributed by atoms with Gasteiger partial charge in [-0.15, -0.1) is 0 Å². The molecule has 0 heterocycles. The fourth-order valence-electron chi connectivity index (χ4n) is 1.58. The zero-order chi connectivity index (χ0) is 17.8. The van der Waals surface area contributed by atoms with Crippen LogP contribution in [0.2, 0.25) is 18.1 Å². The Kier molecular flexibility index (Phi) is 7.58. The highest BCUT2D eigenvalue weighted by atomic mass is 28.4. The van der Waals surface area contributed by atoms with Crippen LogP contribution in [0.5, 0.6) is 0 Å². The summed E-state index contributed by atoms with van der Waals surface area (Å²) >= 11 is 0. The first-order chi connectivity index (χ1) is 9.64. The number of hydrogen-bond donors (Lipinski definition) is 1. The summed E-state index contributed by atoms with van der Waals surface area (Å²) in [5.41, 5.74) is -0.493. The predicted molar refractivity (Wildman–Crippen MR) is 94.9 cm³/mol. The third kappa shape index (κ3) is 8.75. The number of ether oxygens (including phenoxy) is 1. The van der Waals surface area contributed by atoms with Crippen molar-refractivity contribution in [2.45, 2.75) is 71.3 Å². The Morgan fingerprint density at radius 2 is 1.64 bits per heavy atom. The Morgan fingerprint density at radius 1 is 1.14 bits per heavy atom. The summed E-state index contributed by atoms with van der Waals surface area (Å²) in [6.07, 6.45) is -0.391. The highest BCUT2D eigenvalue weighted by molar-refractivity contribution is 6.74. The minimum Gasteiger partial charge on any atom is -0.444 e. The molecule has 0 rings (SSSR count). The van der Waals surface area contributed by atoms with E-state index >= 15 is 0 Å². The van der Waals surface area contributed by atoms with Gasteiger partial charge in [0.15, 0.2) is 8.32 Å². The number of amides is 1. The summed E-state index contributed by atoms with van der Waals surface area (Å²) in [5, 5.41) is 3.08. The van der Waals surface area contributed by atoms with Crippen molar-refractivity contribution in [1.29, 1.82) is 0 Å². The SMILES string of the molecule is CN(C)CC(CO[Si](C)(C)C(C)(C)C)NC(=O)OC(C)(C)C. The van der Waals surface area contributed by atoms with Crippen molar-refractivity contribution in [3.05, 3.63) is 0 Å². The van der Waals surface area contributed by atoms with Crippen molar-refractivity contribution < 1.29 is 14.0 Å². The molecule has 1 amide bonds. The molecule has 0 aliphatic carbocycles. The summed E-state index contributed by atoms with van der Waals surface area (Å²) in [5.74, 6) is 0. The number of carbonyl (C=O) groups is 1. The lowest BCUT2D eigenvalue weighted by Gasteiger charge is -2.37. The molecule has 0 aliphatic heterocycles. The predicted octanol–water partition coefficient (Wildman–Crippen LogP) is 3.46. The highest BCUT2D eigenvalue weighted by Gasteiger charge is 2.37. The van der Waals surface area contributed by atoms with E-state index in [2.05, 4.69) is 39.2 Å². The van der Waals surface area contributed by atoms with Gasteiger partial charge in [-0.3, -0.25) is 0 Å². The monoisotopic (exact) mass is 332 g/mol. The Balaban J connectivity index is 4.70. The number of carbonyl (C=O) groups excluding carboxylic acids is 1. The summed E-state index contributed by atoms with van der Waals surface area (Å²) < 4.78 is 11.6. The molecule has 0 spiro atoms. The standard InChI is InChI=1S/C16H36N2O3Si/c1-15(2,3)21-14(19)17-13(11-18(7)8)12-20-22(9,10)16(4,5)6/h13H,11-12H2,1-10H3,(H,17,19). The zero-order valence-electron chi connectivity index (χ0n) is 16.2. The van der Waals surface area contributed by atoms with E-state index in [-0.39, 0.29) is 11.1 Å². The van der Waals surface area contributed by atoms with Gasteiger partial charge >= 0.3 is 6.09 Å². The molecule has 0 aliphatic rings. The summed E-state index contributed by atoms with van der Waals surface area (Å²) in [6.45, 7) is 17.9. The van der Waals surface area contributed by atoms with Gasteiger partial charge in [-0.05, 0) is 53.0 Å². The van der Waals surface area contributed by atoms with Gasteiger partial charge in [0.05, 0.1) is 12.6 Å². The fraction of sp³-hybridized carbons (Fsp3) is 0.938. The zero-order valence-corrected chi connectivity index (χ0v) is 17.2. The maximum absolute atomic E-state index is 12.0. The number of hydrogen-bond acceptors (Lipinski definition) is 4. The second-order valence-corrected chi connectivity index (χ2v) is 13.5. The first-order valence-corrected chi connectivity index (χ1v) is 10.8. The van der Waals surface area contributed by atoms with Crippen molar-refractivity contribution in [2.75, 3.05) is 27.2 Å². The first kappa shape index (κ1) is 21.4. The van der Waals surface area contributed by atoms with Crippen LogP contribution in [0.4, 0.5) is 4.79 Å². The molecule has 132 valence electrons. The minimum absolute atomic E-state index is 0.0843. The van der Waals surface area contributed by atoms with E-state index < -0.39 is 20.0 Å². The molecule has 0 aromatic heterocycles. The molecule has 1 N–H and O–H groups in total. The van der Waals surface area contributed by atoms with E-state index in [1.807, 2.05) is 39.8 Å². The van der Waals surface area contributed by atoms with Gasteiger partial charge in [-0.1, -0.05) is 20.8 Å². The van der Waals surface area contributed by atoms with Crippen molar-refractivity contribution in [3.8, 4) is 0 Å². The average molecular weight is 333 g/mol. The fourth-order valence-corrected chi connectivity index (χ4v) is 2.63. The summed E-state index contributed by atoms with van der Waals surface area (Å²) in [4.78, 5) is 14.0. The lowest BCUT2D eigenvalue weighted by atomic mass is 10.2. The number of alkyl carbamates (subject to hydrolysis) is 1. The lowest BCUT2D eigenvalue weighted by molar-refractivity contribution is 0.0474. The molecular formula is C16H36N2O3Si. The van der Waals surface area contributed by atoms with E-state index in [0.717, 1.165) is 0 Å². The second kappa shape index (κ2) is 7.79. The molecule has 1 unspecified atom stereocenters. The van der Waals surface area contributed by atoms with E-state index in [1.165, 1.54) is 0 Å². The van der Waals surface area contributed by atoms with Crippen molar-refractivity contribution in [2.24, 2.45) is 0 Å². The minimum atomic E-state index is -1.83. The van der Waals surface area contributed by atoms with E-state index in [0.29, 0.717) is 13.2 Å². The molecule has 0 aromatic rings. The van der Waals surface area contributed by atoms with Crippen LogP contribution in [-0.2, 0) is 9.16 Å². The Morgan fingerprint density at radius 3 is 2.00 bits per heavy atom. The largest absolute Gasteiger partial charge is 0.444 e. The van der Waals surface area contributed by atoms with Gasteiger partial charge < -0.3 is 19.4 Å². The number of likely N-dealkylation sites (N-methyl/N-ethyl adjacent to an activating group) is 1. The van der Waals surface area contributed by atoms with E-state index in [4.69, 9.17) is 9.16 Å². The van der Waals surface area contributed by atoms with Gasteiger partial charge in [0.25, 0.3) is 0 Å². The molecule has 0 saturated carbocycles. The van der Waals surface area contributed by atoms with Crippen LogP contribution >= 0.6 is 0 Å². The van der Waals surface area contributed by atoms with Crippen LogP contribution in [0.3, 0.4) is 0 Å². The summed E-state index contributed by atoms with van der Waals surface area (Å²) in [6, 6.07) is -0.0843. The topological polar surface area (TPSA) is 50.8 Å². The Bertz CT molecular complexity index is 357. The van der Waals surface area contributed by atoms with Gasteiger partial charge in [0.2, 0.25) is 0 Å². The molecule has 0 fully saturated rings. The van der Waals surface area contributed by atoms with Gasteiger partial charge in [0, 0.05) is 6.54 Å². The third-order valence-corrected chi connectivity index (χ3v) is 8.26. The Labute approximate surface area is 137 Å². The molecular weight excluding hydrogens is 296 g/mol. The van der Waals surface area contributed by atoms with Crippen molar-refractivity contribution >= 4 is 14.4 Å². The van der Waals surface area contributed by atoms with Gasteiger partial charge in [0.1, 0.15) is 5.60 Å². The van der Waals surface area contributed by atoms with Crippen LogP contribution in [-0.4, -0.2) is 58.2 Å². The second-order valence-electron chi connectivity index (χ2n) is 8.68. The van der Waals surface area contributed by atoms with Crippen LogP contribution in [0, 0.1) is 0 Å². The molecule has 6 heteroatoms. The molecule has 0 aromatic carbocycles. The molecule has 0 saturated heterocycles. The normalized spacial score (nSPS) is 14.9.